The normalized spacial score (nSPS) is 16.9. The molecule has 0 saturated heterocycles. The van der Waals surface area contributed by atoms with Gasteiger partial charge in [-0.2, -0.15) is 6.21 Å². The summed E-state index contributed by atoms with van der Waals surface area (Å²) in [4.78, 5) is 4.05. The van der Waals surface area contributed by atoms with Crippen molar-refractivity contribution in [1.29, 1.82) is 0 Å². The molecule has 0 atom stereocenters. The first-order valence-corrected chi connectivity index (χ1v) is 7.40. The zero-order valence-corrected chi connectivity index (χ0v) is 15.3. The number of methoxy groups -OCH3 is 1. The molecule has 1 saturated carbocycles. The number of benzene rings is 1. The van der Waals surface area contributed by atoms with Gasteiger partial charge in [0.15, 0.2) is 0 Å². The van der Waals surface area contributed by atoms with Crippen molar-refractivity contribution in [2.45, 2.75) is 44.9 Å². The second-order valence-electron chi connectivity index (χ2n) is 5.36. The summed E-state index contributed by atoms with van der Waals surface area (Å²) in [6.07, 6.45) is 12.3. The summed E-state index contributed by atoms with van der Waals surface area (Å²) in [5, 5.41) is 0. The molecule has 1 aliphatic carbocycles. The number of aliphatic imine (C=N–C) groups is 1. The van der Waals surface area contributed by atoms with Crippen molar-refractivity contribution in [1.82, 2.24) is 0 Å². The van der Waals surface area contributed by atoms with Gasteiger partial charge in [0, 0.05) is 46.4 Å². The monoisotopic (exact) mass is 347 g/mol. The van der Waals surface area contributed by atoms with Gasteiger partial charge < -0.3 is 9.73 Å². The van der Waals surface area contributed by atoms with Gasteiger partial charge in [0.1, 0.15) is 0 Å². The van der Waals surface area contributed by atoms with Gasteiger partial charge in [-0.05, 0) is 12.3 Å². The van der Waals surface area contributed by atoms with Crippen LogP contribution in [-0.4, -0.2) is 19.9 Å². The van der Waals surface area contributed by atoms with Gasteiger partial charge in [-0.3, -0.25) is 0 Å². The van der Waals surface area contributed by atoms with E-state index in [4.69, 9.17) is 4.74 Å². The molecule has 1 aromatic rings. The molecule has 0 amide bonds. The molecular formula is C17H24NOY-. The minimum Gasteiger partial charge on any atom is -0.456 e. The number of para-hydroxylation sites is 1. The molecular weight excluding hydrogens is 323 g/mol. The molecule has 107 valence electrons. The Hall–Kier alpha value is -0.0461. The van der Waals surface area contributed by atoms with E-state index in [1.165, 1.54) is 44.1 Å². The third-order valence-corrected chi connectivity index (χ3v) is 3.92. The van der Waals surface area contributed by atoms with E-state index >= 15 is 0 Å². The SMILES string of the molecule is COCCC1CCCCC1.[C-]1=Nc2ccccc2C1.[Y]. The summed E-state index contributed by atoms with van der Waals surface area (Å²) in [5.41, 5.74) is 2.37. The molecule has 2 aliphatic rings. The van der Waals surface area contributed by atoms with Crippen molar-refractivity contribution in [2.24, 2.45) is 10.9 Å². The maximum atomic E-state index is 5.04. The molecule has 2 nitrogen and oxygen atoms in total. The number of nitrogens with zero attached hydrogens (tertiary/aromatic N) is 1. The number of fused-ring (bicyclic) bond motifs is 1. The van der Waals surface area contributed by atoms with Gasteiger partial charge in [-0.15, -0.1) is 11.6 Å². The van der Waals surface area contributed by atoms with Gasteiger partial charge in [0.25, 0.3) is 0 Å². The third-order valence-electron chi connectivity index (χ3n) is 3.92. The zero-order chi connectivity index (χ0) is 13.3. The van der Waals surface area contributed by atoms with Crippen LogP contribution in [0.5, 0.6) is 0 Å². The molecule has 1 heterocycles. The van der Waals surface area contributed by atoms with Crippen molar-refractivity contribution in [2.75, 3.05) is 13.7 Å². The molecule has 20 heavy (non-hydrogen) atoms. The van der Waals surface area contributed by atoms with Crippen molar-refractivity contribution in [3.63, 3.8) is 0 Å². The number of ether oxygens (including phenoxy) is 1. The quantitative estimate of drug-likeness (QED) is 0.742. The summed E-state index contributed by atoms with van der Waals surface area (Å²) < 4.78 is 5.04. The van der Waals surface area contributed by atoms with E-state index in [9.17, 15) is 0 Å². The summed E-state index contributed by atoms with van der Waals surface area (Å²) in [5.74, 6) is 0.980. The van der Waals surface area contributed by atoms with E-state index in [1.54, 1.807) is 7.11 Å². The molecule has 1 aromatic carbocycles. The minimum absolute atomic E-state index is 0. The summed E-state index contributed by atoms with van der Waals surface area (Å²) >= 11 is 0. The van der Waals surface area contributed by atoms with Crippen LogP contribution in [0.3, 0.4) is 0 Å². The Morgan fingerprint density at radius 1 is 1.20 bits per heavy atom. The molecule has 0 bridgehead atoms. The van der Waals surface area contributed by atoms with Crippen molar-refractivity contribution < 1.29 is 37.4 Å². The maximum Gasteiger partial charge on any atom is 0.0464 e. The fourth-order valence-corrected chi connectivity index (χ4v) is 2.74. The zero-order valence-electron chi connectivity index (χ0n) is 12.5. The van der Waals surface area contributed by atoms with Crippen LogP contribution in [0.2, 0.25) is 0 Å². The molecule has 3 rings (SSSR count). The topological polar surface area (TPSA) is 21.6 Å². The average molecular weight is 347 g/mol. The van der Waals surface area contributed by atoms with Crippen molar-refractivity contribution in [3.05, 3.63) is 29.8 Å². The van der Waals surface area contributed by atoms with E-state index in [1.807, 2.05) is 18.2 Å². The second kappa shape index (κ2) is 10.6. The Labute approximate surface area is 148 Å². The molecule has 0 unspecified atom stereocenters. The van der Waals surface area contributed by atoms with E-state index in [2.05, 4.69) is 17.3 Å². The van der Waals surface area contributed by atoms with Gasteiger partial charge in [0.2, 0.25) is 0 Å². The fraction of sp³-hybridized carbons (Fsp3) is 0.588. The van der Waals surface area contributed by atoms with Gasteiger partial charge in [-0.25, -0.2) is 0 Å². The van der Waals surface area contributed by atoms with Crippen LogP contribution in [0.1, 0.15) is 44.1 Å². The Balaban J connectivity index is 0.000000191. The smallest absolute Gasteiger partial charge is 0.0464 e. The second-order valence-corrected chi connectivity index (χ2v) is 5.36. The molecule has 0 N–H and O–H groups in total. The fourth-order valence-electron chi connectivity index (χ4n) is 2.74. The van der Waals surface area contributed by atoms with Crippen molar-refractivity contribution in [3.8, 4) is 0 Å². The average Bonchev–Trinajstić information content (AvgIpc) is 2.95. The van der Waals surface area contributed by atoms with E-state index in [0.29, 0.717) is 0 Å². The number of rotatable bonds is 3. The van der Waals surface area contributed by atoms with Gasteiger partial charge in [-0.1, -0.05) is 62.4 Å². The molecule has 0 aromatic heterocycles. The molecule has 1 aliphatic heterocycles. The van der Waals surface area contributed by atoms with Crippen LogP contribution in [0.15, 0.2) is 29.3 Å². The summed E-state index contributed by atoms with van der Waals surface area (Å²) in [7, 11) is 1.79. The molecule has 0 spiro atoms. The Kier molecular flexibility index (Phi) is 9.59. The molecule has 3 heteroatoms. The van der Waals surface area contributed by atoms with Crippen LogP contribution in [0.25, 0.3) is 0 Å². The molecule has 1 radical (unpaired) electrons. The standard InChI is InChI=1S/C9H18O.C8H6N.Y/c1-10-8-7-9-5-3-2-4-6-9;1-2-4-8-7(3-1)5-6-9-8;/h9H,2-8H2,1H3;1-4H,5H2;/q;-1;. The Morgan fingerprint density at radius 2 is 1.95 bits per heavy atom. The van der Waals surface area contributed by atoms with E-state index < -0.39 is 0 Å². The van der Waals surface area contributed by atoms with Gasteiger partial charge >= 0.3 is 0 Å². The Bertz CT molecular complexity index is 400. The van der Waals surface area contributed by atoms with Crippen LogP contribution in [-0.2, 0) is 43.9 Å². The predicted octanol–water partition coefficient (Wildman–Crippen LogP) is 4.42. The number of hydrogen-bond acceptors (Lipinski definition) is 2. The first-order chi connectivity index (χ1) is 9.40. The largest absolute Gasteiger partial charge is 0.456 e. The van der Waals surface area contributed by atoms with Crippen molar-refractivity contribution >= 4 is 11.9 Å². The minimum atomic E-state index is 0. The first-order valence-electron chi connectivity index (χ1n) is 7.40. The van der Waals surface area contributed by atoms with E-state index in [0.717, 1.165) is 24.6 Å². The maximum absolute atomic E-state index is 5.04. The predicted molar refractivity (Wildman–Crippen MR) is 80.3 cm³/mol. The summed E-state index contributed by atoms with van der Waals surface area (Å²) in [6, 6.07) is 8.12. The summed E-state index contributed by atoms with van der Waals surface area (Å²) in [6.45, 7) is 0.963. The first kappa shape index (κ1) is 18.0. The van der Waals surface area contributed by atoms with E-state index in [-0.39, 0.29) is 32.7 Å². The van der Waals surface area contributed by atoms with Crippen LogP contribution >= 0.6 is 0 Å². The van der Waals surface area contributed by atoms with Gasteiger partial charge in [0.05, 0.1) is 0 Å². The number of hydrogen-bond donors (Lipinski definition) is 0. The molecule has 1 fully saturated rings. The van der Waals surface area contributed by atoms with Crippen LogP contribution in [0, 0.1) is 5.92 Å². The third kappa shape index (κ3) is 6.16. The van der Waals surface area contributed by atoms with Crippen LogP contribution < -0.4 is 0 Å². The Morgan fingerprint density at radius 3 is 2.65 bits per heavy atom. The van der Waals surface area contributed by atoms with Crippen LogP contribution in [0.4, 0.5) is 5.69 Å².